The highest BCUT2D eigenvalue weighted by molar-refractivity contribution is 4.79. The van der Waals surface area contributed by atoms with Gasteiger partial charge < -0.3 is 5.73 Å². The zero-order chi connectivity index (χ0) is 7.40. The van der Waals surface area contributed by atoms with Crippen LogP contribution in [0.5, 0.6) is 0 Å². The summed E-state index contributed by atoms with van der Waals surface area (Å²) in [6.07, 6.45) is 8.28. The van der Waals surface area contributed by atoms with Gasteiger partial charge in [-0.1, -0.05) is 6.08 Å². The molecule has 0 bridgehead atoms. The lowest BCUT2D eigenvalue weighted by molar-refractivity contribution is 0.329. The van der Waals surface area contributed by atoms with E-state index >= 15 is 0 Å². The number of nitrogens with two attached hydrogens (primary N) is 1. The average molecular weight is 139 g/mol. The quantitative estimate of drug-likeness (QED) is 0.582. The summed E-state index contributed by atoms with van der Waals surface area (Å²) < 4.78 is 0. The summed E-state index contributed by atoms with van der Waals surface area (Å²) in [5, 5.41) is 0. The molecule has 58 valence electrons. The topological polar surface area (TPSA) is 26.0 Å². The molecule has 0 heterocycles. The normalized spacial score (nSPS) is 33.7. The van der Waals surface area contributed by atoms with Gasteiger partial charge in [0.15, 0.2) is 0 Å². The molecule has 0 aromatic carbocycles. The fourth-order valence-corrected chi connectivity index (χ4v) is 1.66. The van der Waals surface area contributed by atoms with Gasteiger partial charge in [-0.2, -0.15) is 0 Å². The van der Waals surface area contributed by atoms with Gasteiger partial charge >= 0.3 is 0 Å². The lowest BCUT2D eigenvalue weighted by atomic mass is 9.85. The van der Waals surface area contributed by atoms with Crippen molar-refractivity contribution in [1.29, 1.82) is 0 Å². The molecule has 0 spiro atoms. The van der Waals surface area contributed by atoms with Gasteiger partial charge in [-0.25, -0.2) is 0 Å². The molecule has 1 nitrogen and oxygen atoms in total. The van der Waals surface area contributed by atoms with Crippen LogP contribution in [-0.4, -0.2) is 6.04 Å². The van der Waals surface area contributed by atoms with Crippen LogP contribution in [-0.2, 0) is 0 Å². The molecule has 1 saturated carbocycles. The monoisotopic (exact) mass is 139 g/mol. The predicted molar refractivity (Wildman–Crippen MR) is 44.7 cm³/mol. The minimum Gasteiger partial charge on any atom is -0.328 e. The van der Waals surface area contributed by atoms with E-state index in [0.29, 0.717) is 6.04 Å². The molecule has 1 aliphatic carbocycles. The van der Waals surface area contributed by atoms with E-state index in [9.17, 15) is 0 Å². The van der Waals surface area contributed by atoms with Crippen molar-refractivity contribution < 1.29 is 0 Å². The van der Waals surface area contributed by atoms with Crippen LogP contribution < -0.4 is 5.73 Å². The highest BCUT2D eigenvalue weighted by Gasteiger charge is 2.16. The molecule has 0 aromatic rings. The van der Waals surface area contributed by atoms with E-state index in [0.717, 1.165) is 5.92 Å². The molecule has 0 radical (unpaired) electrons. The van der Waals surface area contributed by atoms with Crippen LogP contribution in [0.15, 0.2) is 12.7 Å². The van der Waals surface area contributed by atoms with Gasteiger partial charge in [-0.15, -0.1) is 6.58 Å². The molecule has 0 aromatic heterocycles. The molecule has 0 amide bonds. The van der Waals surface area contributed by atoms with Crippen LogP contribution in [0.3, 0.4) is 0 Å². The Labute approximate surface area is 63.3 Å². The average Bonchev–Trinajstić information content (AvgIpc) is 1.95. The van der Waals surface area contributed by atoms with E-state index < -0.39 is 0 Å². The molecular formula is C9H17N. The summed E-state index contributed by atoms with van der Waals surface area (Å²) in [5.41, 5.74) is 5.77. The van der Waals surface area contributed by atoms with Gasteiger partial charge in [-0.3, -0.25) is 0 Å². The Bertz CT molecular complexity index is 101. The molecule has 2 N–H and O–H groups in total. The van der Waals surface area contributed by atoms with E-state index in [4.69, 9.17) is 5.73 Å². The Kier molecular flexibility index (Phi) is 2.94. The minimum atomic E-state index is 0.487. The van der Waals surface area contributed by atoms with Gasteiger partial charge in [0, 0.05) is 6.04 Å². The minimum absolute atomic E-state index is 0.487. The van der Waals surface area contributed by atoms with E-state index in [2.05, 4.69) is 6.58 Å². The van der Waals surface area contributed by atoms with Crippen molar-refractivity contribution in [2.45, 2.75) is 38.1 Å². The highest BCUT2D eigenvalue weighted by atomic mass is 14.6. The lowest BCUT2D eigenvalue weighted by Gasteiger charge is -2.24. The maximum atomic E-state index is 5.77. The molecule has 1 heteroatoms. The largest absolute Gasteiger partial charge is 0.328 e. The fraction of sp³-hybridized carbons (Fsp3) is 0.778. The fourth-order valence-electron chi connectivity index (χ4n) is 1.66. The van der Waals surface area contributed by atoms with E-state index in [1.807, 2.05) is 6.08 Å². The molecular weight excluding hydrogens is 122 g/mol. The Balaban J connectivity index is 2.19. The first-order valence-corrected chi connectivity index (χ1v) is 4.19. The van der Waals surface area contributed by atoms with Gasteiger partial charge in [0.2, 0.25) is 0 Å². The van der Waals surface area contributed by atoms with Crippen molar-refractivity contribution in [3.63, 3.8) is 0 Å². The summed E-state index contributed by atoms with van der Waals surface area (Å²) in [5.74, 6) is 0.886. The second-order valence-corrected chi connectivity index (χ2v) is 3.31. The predicted octanol–water partition coefficient (Wildman–Crippen LogP) is 2.08. The van der Waals surface area contributed by atoms with Crippen LogP contribution in [0.2, 0.25) is 0 Å². The van der Waals surface area contributed by atoms with Crippen molar-refractivity contribution in [3.8, 4) is 0 Å². The van der Waals surface area contributed by atoms with Crippen LogP contribution >= 0.6 is 0 Å². The molecule has 10 heavy (non-hydrogen) atoms. The summed E-state index contributed by atoms with van der Waals surface area (Å²) in [7, 11) is 0. The van der Waals surface area contributed by atoms with Crippen LogP contribution in [0.25, 0.3) is 0 Å². The van der Waals surface area contributed by atoms with Crippen LogP contribution in [0.4, 0.5) is 0 Å². The van der Waals surface area contributed by atoms with Crippen molar-refractivity contribution in [2.75, 3.05) is 0 Å². The zero-order valence-corrected chi connectivity index (χ0v) is 6.55. The Morgan fingerprint density at radius 1 is 1.30 bits per heavy atom. The second kappa shape index (κ2) is 3.77. The third-order valence-electron chi connectivity index (χ3n) is 2.39. The molecule has 1 rings (SSSR count). The van der Waals surface area contributed by atoms with Gasteiger partial charge in [-0.05, 0) is 38.0 Å². The van der Waals surface area contributed by atoms with Gasteiger partial charge in [0.1, 0.15) is 0 Å². The standard InChI is InChI=1S/C9H17N/c1-2-3-8-4-6-9(10)7-5-8/h2,8-9H,1,3-7,10H2. The van der Waals surface area contributed by atoms with Crippen LogP contribution in [0, 0.1) is 5.92 Å². The number of rotatable bonds is 2. The summed E-state index contributed by atoms with van der Waals surface area (Å²) >= 11 is 0. The van der Waals surface area contributed by atoms with E-state index in [1.54, 1.807) is 0 Å². The number of allylic oxidation sites excluding steroid dienone is 1. The molecule has 0 unspecified atom stereocenters. The van der Waals surface area contributed by atoms with E-state index in [1.165, 1.54) is 32.1 Å². The first-order chi connectivity index (χ1) is 4.83. The lowest BCUT2D eigenvalue weighted by Crippen LogP contribution is -2.26. The second-order valence-electron chi connectivity index (χ2n) is 3.31. The molecule has 1 aliphatic rings. The molecule has 0 aliphatic heterocycles. The maximum absolute atomic E-state index is 5.77. The third-order valence-corrected chi connectivity index (χ3v) is 2.39. The summed E-state index contributed by atoms with van der Waals surface area (Å²) in [6.45, 7) is 3.74. The van der Waals surface area contributed by atoms with Crippen molar-refractivity contribution in [3.05, 3.63) is 12.7 Å². The van der Waals surface area contributed by atoms with Crippen molar-refractivity contribution >= 4 is 0 Å². The smallest absolute Gasteiger partial charge is 0.00390 e. The zero-order valence-electron chi connectivity index (χ0n) is 6.55. The SMILES string of the molecule is C=CCC1CCC(N)CC1. The number of hydrogen-bond acceptors (Lipinski definition) is 1. The number of hydrogen-bond donors (Lipinski definition) is 1. The first kappa shape index (κ1) is 7.80. The summed E-state index contributed by atoms with van der Waals surface area (Å²) in [4.78, 5) is 0. The third kappa shape index (κ3) is 2.14. The Hall–Kier alpha value is -0.300. The Morgan fingerprint density at radius 3 is 2.40 bits per heavy atom. The maximum Gasteiger partial charge on any atom is 0.00390 e. The van der Waals surface area contributed by atoms with Gasteiger partial charge in [0.05, 0.1) is 0 Å². The summed E-state index contributed by atoms with van der Waals surface area (Å²) in [6, 6.07) is 0.487. The van der Waals surface area contributed by atoms with E-state index in [-0.39, 0.29) is 0 Å². The molecule has 0 saturated heterocycles. The molecule has 1 fully saturated rings. The first-order valence-electron chi connectivity index (χ1n) is 4.19. The van der Waals surface area contributed by atoms with Crippen LogP contribution in [0.1, 0.15) is 32.1 Å². The van der Waals surface area contributed by atoms with Crippen molar-refractivity contribution in [1.82, 2.24) is 0 Å². The Morgan fingerprint density at radius 2 is 1.90 bits per heavy atom. The molecule has 0 atom stereocenters. The van der Waals surface area contributed by atoms with Crippen molar-refractivity contribution in [2.24, 2.45) is 11.7 Å². The van der Waals surface area contributed by atoms with Gasteiger partial charge in [0.25, 0.3) is 0 Å². The highest BCUT2D eigenvalue weighted by Crippen LogP contribution is 2.25.